The molecular formula is C16H12F4N4S. The van der Waals surface area contributed by atoms with Gasteiger partial charge in [-0.3, -0.25) is 0 Å². The van der Waals surface area contributed by atoms with E-state index in [0.717, 1.165) is 10.9 Å². The van der Waals surface area contributed by atoms with Crippen molar-refractivity contribution in [2.24, 2.45) is 0 Å². The van der Waals surface area contributed by atoms with Crippen molar-refractivity contribution < 1.29 is 17.6 Å². The van der Waals surface area contributed by atoms with Crippen LogP contribution in [0.2, 0.25) is 0 Å². The largest absolute Gasteiger partial charge is 0.406 e. The van der Waals surface area contributed by atoms with Gasteiger partial charge in [-0.05, 0) is 36.6 Å². The van der Waals surface area contributed by atoms with Gasteiger partial charge in [-0.2, -0.15) is 13.2 Å². The van der Waals surface area contributed by atoms with E-state index in [-0.39, 0.29) is 5.69 Å². The number of aromatic nitrogens is 4. The van der Waals surface area contributed by atoms with Crippen LogP contribution in [0.4, 0.5) is 17.6 Å². The molecule has 0 bridgehead atoms. The standard InChI is InChI=1S/C16H12F4N4S/c1-25-15-21-7-6-12(23-15)14-13(10-2-4-11(17)5-3-10)22-9-24(14)8-16(18,19)20/h2-7,9H,8H2,1H3. The molecule has 2 aromatic heterocycles. The van der Waals surface area contributed by atoms with Gasteiger partial charge in [0.05, 0.1) is 23.4 Å². The highest BCUT2D eigenvalue weighted by molar-refractivity contribution is 7.98. The van der Waals surface area contributed by atoms with E-state index in [9.17, 15) is 17.6 Å². The Morgan fingerprint density at radius 2 is 1.80 bits per heavy atom. The summed E-state index contributed by atoms with van der Waals surface area (Å²) in [6.45, 7) is -1.20. The number of imidazole rings is 1. The molecule has 0 aliphatic rings. The van der Waals surface area contributed by atoms with Gasteiger partial charge in [-0.15, -0.1) is 0 Å². The molecule has 4 nitrogen and oxygen atoms in total. The number of rotatable bonds is 4. The molecule has 0 aliphatic carbocycles. The third-order valence-corrected chi connectivity index (χ3v) is 3.93. The number of alkyl halides is 3. The molecule has 0 atom stereocenters. The topological polar surface area (TPSA) is 43.6 Å². The fourth-order valence-corrected chi connectivity index (χ4v) is 2.71. The van der Waals surface area contributed by atoms with Crippen molar-refractivity contribution in [3.63, 3.8) is 0 Å². The molecule has 0 radical (unpaired) electrons. The van der Waals surface area contributed by atoms with Crippen molar-refractivity contribution >= 4 is 11.8 Å². The SMILES string of the molecule is CSc1nccc(-c2c(-c3ccc(F)cc3)ncn2CC(F)(F)F)n1. The van der Waals surface area contributed by atoms with Crippen LogP contribution in [-0.2, 0) is 6.54 Å². The van der Waals surface area contributed by atoms with Crippen molar-refractivity contribution in [3.8, 4) is 22.6 Å². The van der Waals surface area contributed by atoms with E-state index in [1.807, 2.05) is 0 Å². The Bertz CT molecular complexity index is 875. The van der Waals surface area contributed by atoms with E-state index in [1.54, 1.807) is 6.26 Å². The minimum absolute atomic E-state index is 0.210. The number of thioether (sulfide) groups is 1. The van der Waals surface area contributed by atoms with Gasteiger partial charge in [0.1, 0.15) is 12.4 Å². The van der Waals surface area contributed by atoms with Gasteiger partial charge in [0.2, 0.25) is 0 Å². The molecule has 0 spiro atoms. The number of hydrogen-bond donors (Lipinski definition) is 0. The summed E-state index contributed by atoms with van der Waals surface area (Å²) in [6.07, 6.45) is -0.0478. The van der Waals surface area contributed by atoms with Crippen LogP contribution < -0.4 is 0 Å². The average molecular weight is 368 g/mol. The third-order valence-electron chi connectivity index (χ3n) is 3.36. The van der Waals surface area contributed by atoms with E-state index in [4.69, 9.17) is 0 Å². The van der Waals surface area contributed by atoms with Gasteiger partial charge < -0.3 is 4.57 Å². The zero-order chi connectivity index (χ0) is 18.0. The van der Waals surface area contributed by atoms with Crippen LogP contribution in [0.15, 0.2) is 48.0 Å². The minimum atomic E-state index is -4.41. The number of halogens is 4. The van der Waals surface area contributed by atoms with Crippen molar-refractivity contribution in [2.45, 2.75) is 17.9 Å². The van der Waals surface area contributed by atoms with E-state index in [2.05, 4.69) is 15.0 Å². The molecule has 3 rings (SSSR count). The van der Waals surface area contributed by atoms with Crippen LogP contribution >= 0.6 is 11.8 Å². The molecule has 0 unspecified atom stereocenters. The van der Waals surface area contributed by atoms with E-state index >= 15 is 0 Å². The normalized spacial score (nSPS) is 11.7. The zero-order valence-electron chi connectivity index (χ0n) is 13.0. The van der Waals surface area contributed by atoms with Crippen LogP contribution in [0.3, 0.4) is 0 Å². The third kappa shape index (κ3) is 3.98. The fourth-order valence-electron chi connectivity index (χ4n) is 2.35. The van der Waals surface area contributed by atoms with E-state index in [1.165, 1.54) is 48.3 Å². The monoisotopic (exact) mass is 368 g/mol. The molecule has 2 heterocycles. The summed E-state index contributed by atoms with van der Waals surface area (Å²) in [6, 6.07) is 6.92. The summed E-state index contributed by atoms with van der Waals surface area (Å²) < 4.78 is 52.9. The first-order valence-corrected chi connectivity index (χ1v) is 8.35. The predicted molar refractivity (Wildman–Crippen MR) is 86.5 cm³/mol. The lowest BCUT2D eigenvalue weighted by molar-refractivity contribution is -0.140. The number of nitrogens with zero attached hydrogens (tertiary/aromatic N) is 4. The van der Waals surface area contributed by atoms with Gasteiger partial charge >= 0.3 is 6.18 Å². The summed E-state index contributed by atoms with van der Waals surface area (Å²) in [5.74, 6) is -0.438. The Hall–Kier alpha value is -2.42. The number of benzene rings is 1. The Morgan fingerprint density at radius 1 is 1.08 bits per heavy atom. The maximum Gasteiger partial charge on any atom is 0.406 e. The molecule has 25 heavy (non-hydrogen) atoms. The molecule has 1 aromatic carbocycles. The minimum Gasteiger partial charge on any atom is -0.320 e. The highest BCUT2D eigenvalue weighted by Gasteiger charge is 2.30. The second-order valence-electron chi connectivity index (χ2n) is 5.12. The summed E-state index contributed by atoms with van der Waals surface area (Å²) in [5.41, 5.74) is 1.33. The molecule has 9 heteroatoms. The first-order chi connectivity index (χ1) is 11.9. The molecule has 0 aliphatic heterocycles. The zero-order valence-corrected chi connectivity index (χ0v) is 13.8. The summed E-state index contributed by atoms with van der Waals surface area (Å²) in [7, 11) is 0. The fraction of sp³-hybridized carbons (Fsp3) is 0.188. The van der Waals surface area contributed by atoms with Gasteiger partial charge in [0.25, 0.3) is 0 Å². The molecule has 3 aromatic rings. The lowest BCUT2D eigenvalue weighted by Gasteiger charge is -2.12. The maximum absolute atomic E-state index is 13.2. The molecule has 0 amide bonds. The van der Waals surface area contributed by atoms with Crippen LogP contribution in [0.5, 0.6) is 0 Å². The van der Waals surface area contributed by atoms with Gasteiger partial charge in [-0.1, -0.05) is 11.8 Å². The van der Waals surface area contributed by atoms with E-state index in [0.29, 0.717) is 22.1 Å². The predicted octanol–water partition coefficient (Wildman–Crippen LogP) is 4.43. The second kappa shape index (κ2) is 6.83. The quantitative estimate of drug-likeness (QED) is 0.388. The Balaban J connectivity index is 2.17. The van der Waals surface area contributed by atoms with Crippen LogP contribution in [0.1, 0.15) is 0 Å². The highest BCUT2D eigenvalue weighted by atomic mass is 32.2. The lowest BCUT2D eigenvalue weighted by Crippen LogP contribution is -2.18. The van der Waals surface area contributed by atoms with Gasteiger partial charge in [0.15, 0.2) is 5.16 Å². The molecule has 0 saturated heterocycles. The van der Waals surface area contributed by atoms with Gasteiger partial charge in [0, 0.05) is 11.8 Å². The van der Waals surface area contributed by atoms with Crippen molar-refractivity contribution in [2.75, 3.05) is 6.26 Å². The van der Waals surface area contributed by atoms with Crippen molar-refractivity contribution in [1.82, 2.24) is 19.5 Å². The first kappa shape index (κ1) is 17.4. The highest BCUT2D eigenvalue weighted by Crippen LogP contribution is 2.32. The maximum atomic E-state index is 13.2. The van der Waals surface area contributed by atoms with Crippen molar-refractivity contribution in [1.29, 1.82) is 0 Å². The van der Waals surface area contributed by atoms with Crippen LogP contribution in [0, 0.1) is 5.82 Å². The Labute approximate surface area is 145 Å². The van der Waals surface area contributed by atoms with Crippen LogP contribution in [0.25, 0.3) is 22.6 Å². The average Bonchev–Trinajstić information content (AvgIpc) is 2.97. The summed E-state index contributed by atoms with van der Waals surface area (Å²) >= 11 is 1.28. The molecule has 0 saturated carbocycles. The molecule has 130 valence electrons. The van der Waals surface area contributed by atoms with E-state index < -0.39 is 18.5 Å². The van der Waals surface area contributed by atoms with Crippen molar-refractivity contribution in [3.05, 3.63) is 48.7 Å². The molecule has 0 N–H and O–H groups in total. The molecule has 0 fully saturated rings. The second-order valence-corrected chi connectivity index (χ2v) is 5.89. The molecular weight excluding hydrogens is 356 g/mol. The summed E-state index contributed by atoms with van der Waals surface area (Å²) in [4.78, 5) is 12.4. The first-order valence-electron chi connectivity index (χ1n) is 7.12. The van der Waals surface area contributed by atoms with Gasteiger partial charge in [-0.25, -0.2) is 19.3 Å². The number of hydrogen-bond acceptors (Lipinski definition) is 4. The lowest BCUT2D eigenvalue weighted by atomic mass is 10.1. The Kier molecular flexibility index (Phi) is 4.76. The van der Waals surface area contributed by atoms with Crippen LogP contribution in [-0.4, -0.2) is 32.0 Å². The smallest absolute Gasteiger partial charge is 0.320 e. The Morgan fingerprint density at radius 3 is 2.44 bits per heavy atom. The summed E-state index contributed by atoms with van der Waals surface area (Å²) in [5, 5.41) is 0.433.